The fourth-order valence-corrected chi connectivity index (χ4v) is 1.87. The Hall–Kier alpha value is -1.11. The van der Waals surface area contributed by atoms with Crippen molar-refractivity contribution < 1.29 is 0 Å². The lowest BCUT2D eigenvalue weighted by Gasteiger charge is -2.08. The first-order valence-corrected chi connectivity index (χ1v) is 9.27. The zero-order valence-corrected chi connectivity index (χ0v) is 17.0. The molecule has 0 radical (unpaired) electrons. The van der Waals surface area contributed by atoms with E-state index in [9.17, 15) is 0 Å². The normalized spacial score (nSPS) is 10.5. The van der Waals surface area contributed by atoms with E-state index >= 15 is 0 Å². The Balaban J connectivity index is -0.000000535. The van der Waals surface area contributed by atoms with E-state index in [1.165, 1.54) is 29.5 Å². The molecule has 0 fully saturated rings. The van der Waals surface area contributed by atoms with Gasteiger partial charge in [0.05, 0.1) is 0 Å². The molecule has 0 spiro atoms. The van der Waals surface area contributed by atoms with Crippen LogP contribution in [0, 0.1) is 13.8 Å². The smallest absolute Gasteiger partial charge is 0.0497 e. The standard InChI is InChI=1S/C15H23N.3C2H6/c1-5-7-15(6-2)16-11-14-9-8-12(3)10-13(14)4;3*1-2/h8-11,15H,5-7H2,1-4H3;3*1-2H3. The zero-order chi connectivity index (χ0) is 18.0. The molecule has 0 N–H and O–H groups in total. The fraction of sp³-hybridized carbons (Fsp3) is 0.667. The molecule has 0 bridgehead atoms. The molecule has 1 aromatic rings. The van der Waals surface area contributed by atoms with Gasteiger partial charge in [0.25, 0.3) is 0 Å². The average molecular weight is 308 g/mol. The third kappa shape index (κ3) is 12.6. The third-order valence-corrected chi connectivity index (χ3v) is 2.94. The molecule has 0 saturated carbocycles. The molecule has 0 saturated heterocycles. The molecule has 1 rings (SSSR count). The van der Waals surface area contributed by atoms with Crippen molar-refractivity contribution in [3.05, 3.63) is 34.9 Å². The third-order valence-electron chi connectivity index (χ3n) is 2.94. The van der Waals surface area contributed by atoms with Gasteiger partial charge in [-0.25, -0.2) is 0 Å². The molecule has 0 amide bonds. The first kappa shape index (κ1) is 25.8. The lowest BCUT2D eigenvalue weighted by Crippen LogP contribution is -2.02. The summed E-state index contributed by atoms with van der Waals surface area (Å²) in [5.41, 5.74) is 3.88. The molecule has 130 valence electrons. The van der Waals surface area contributed by atoms with Gasteiger partial charge in [0.2, 0.25) is 0 Å². The van der Waals surface area contributed by atoms with Crippen molar-refractivity contribution in [3.8, 4) is 0 Å². The van der Waals surface area contributed by atoms with Crippen molar-refractivity contribution in [2.75, 3.05) is 0 Å². The minimum Gasteiger partial charge on any atom is -0.289 e. The SMILES string of the molecule is CC.CC.CC.CCCC(CC)N=Cc1ccc(C)cc1C. The largest absolute Gasteiger partial charge is 0.289 e. The molecule has 1 nitrogen and oxygen atoms in total. The summed E-state index contributed by atoms with van der Waals surface area (Å²) in [5, 5.41) is 0. The van der Waals surface area contributed by atoms with Gasteiger partial charge in [-0.05, 0) is 37.8 Å². The van der Waals surface area contributed by atoms with Gasteiger partial charge in [-0.2, -0.15) is 0 Å². The van der Waals surface area contributed by atoms with Crippen LogP contribution in [0.3, 0.4) is 0 Å². The predicted octanol–water partition coefficient (Wildman–Crippen LogP) is 7.38. The molecule has 1 heteroatoms. The highest BCUT2D eigenvalue weighted by atomic mass is 14.8. The van der Waals surface area contributed by atoms with E-state index < -0.39 is 0 Å². The molecule has 0 aliphatic heterocycles. The topological polar surface area (TPSA) is 12.4 Å². The minimum absolute atomic E-state index is 0.491. The van der Waals surface area contributed by atoms with Gasteiger partial charge in [-0.3, -0.25) is 4.99 Å². The van der Waals surface area contributed by atoms with Gasteiger partial charge in [-0.1, -0.05) is 85.6 Å². The predicted molar refractivity (Wildman–Crippen MR) is 107 cm³/mol. The lowest BCUT2D eigenvalue weighted by atomic mass is 10.1. The van der Waals surface area contributed by atoms with E-state index in [0.717, 1.165) is 6.42 Å². The number of benzene rings is 1. The van der Waals surface area contributed by atoms with Crippen LogP contribution in [0.4, 0.5) is 0 Å². The Labute approximate surface area is 141 Å². The second kappa shape index (κ2) is 19.9. The number of nitrogens with zero attached hydrogens (tertiary/aromatic N) is 1. The summed E-state index contributed by atoms with van der Waals surface area (Å²) < 4.78 is 0. The first-order valence-electron chi connectivity index (χ1n) is 9.27. The van der Waals surface area contributed by atoms with Gasteiger partial charge < -0.3 is 0 Å². The van der Waals surface area contributed by atoms with Crippen LogP contribution < -0.4 is 0 Å². The summed E-state index contributed by atoms with van der Waals surface area (Å²) in [4.78, 5) is 4.67. The van der Waals surface area contributed by atoms with E-state index in [1.807, 2.05) is 47.8 Å². The highest BCUT2D eigenvalue weighted by Crippen LogP contribution is 2.10. The van der Waals surface area contributed by atoms with E-state index in [2.05, 4.69) is 50.9 Å². The lowest BCUT2D eigenvalue weighted by molar-refractivity contribution is 0.591. The van der Waals surface area contributed by atoms with Crippen LogP contribution in [0.2, 0.25) is 0 Å². The van der Waals surface area contributed by atoms with Crippen molar-refractivity contribution in [2.45, 2.75) is 94.5 Å². The summed E-state index contributed by atoms with van der Waals surface area (Å²) in [6, 6.07) is 7.01. The Morgan fingerprint density at radius 2 is 1.50 bits per heavy atom. The summed E-state index contributed by atoms with van der Waals surface area (Å²) in [6.45, 7) is 20.7. The van der Waals surface area contributed by atoms with E-state index in [4.69, 9.17) is 0 Å². The number of aliphatic imine (C=N–C) groups is 1. The second-order valence-corrected chi connectivity index (χ2v) is 4.49. The average Bonchev–Trinajstić information content (AvgIpc) is 2.58. The molecule has 22 heavy (non-hydrogen) atoms. The van der Waals surface area contributed by atoms with Crippen LogP contribution in [0.15, 0.2) is 23.2 Å². The van der Waals surface area contributed by atoms with Gasteiger partial charge in [-0.15, -0.1) is 0 Å². The monoisotopic (exact) mass is 307 g/mol. The Bertz CT molecular complexity index is 353. The van der Waals surface area contributed by atoms with Gasteiger partial charge in [0, 0.05) is 12.3 Å². The number of aryl methyl sites for hydroxylation is 2. The maximum Gasteiger partial charge on any atom is 0.0497 e. The van der Waals surface area contributed by atoms with Crippen molar-refractivity contribution in [1.82, 2.24) is 0 Å². The Morgan fingerprint density at radius 1 is 0.955 bits per heavy atom. The molecule has 0 aliphatic carbocycles. The number of hydrogen-bond acceptors (Lipinski definition) is 1. The van der Waals surface area contributed by atoms with Crippen LogP contribution in [-0.2, 0) is 0 Å². The molecular weight excluding hydrogens is 266 g/mol. The number of rotatable bonds is 5. The van der Waals surface area contributed by atoms with Crippen LogP contribution in [0.25, 0.3) is 0 Å². The molecule has 1 unspecified atom stereocenters. The summed E-state index contributed by atoms with van der Waals surface area (Å²) in [7, 11) is 0. The fourth-order valence-electron chi connectivity index (χ4n) is 1.87. The van der Waals surface area contributed by atoms with Crippen LogP contribution in [-0.4, -0.2) is 12.3 Å². The molecule has 0 aromatic heterocycles. The van der Waals surface area contributed by atoms with E-state index in [-0.39, 0.29) is 0 Å². The van der Waals surface area contributed by atoms with Gasteiger partial charge in [0.1, 0.15) is 0 Å². The van der Waals surface area contributed by atoms with Crippen LogP contribution in [0.1, 0.15) is 91.3 Å². The maximum atomic E-state index is 4.67. The molecule has 1 aromatic carbocycles. The van der Waals surface area contributed by atoms with Crippen molar-refractivity contribution >= 4 is 6.21 Å². The molecular formula is C21H41N. The maximum absolute atomic E-state index is 4.67. The van der Waals surface area contributed by atoms with Crippen molar-refractivity contribution in [3.63, 3.8) is 0 Å². The first-order chi connectivity index (χ1) is 10.7. The van der Waals surface area contributed by atoms with Gasteiger partial charge in [0.15, 0.2) is 0 Å². The van der Waals surface area contributed by atoms with E-state index in [0.29, 0.717) is 6.04 Å². The molecule has 1 atom stereocenters. The second-order valence-electron chi connectivity index (χ2n) is 4.49. The summed E-state index contributed by atoms with van der Waals surface area (Å²) in [6.07, 6.45) is 5.58. The van der Waals surface area contributed by atoms with E-state index in [1.54, 1.807) is 0 Å². The minimum atomic E-state index is 0.491. The Morgan fingerprint density at radius 3 is 1.91 bits per heavy atom. The molecule has 0 aliphatic rings. The van der Waals surface area contributed by atoms with Gasteiger partial charge >= 0.3 is 0 Å². The summed E-state index contributed by atoms with van der Waals surface area (Å²) >= 11 is 0. The molecule has 0 heterocycles. The van der Waals surface area contributed by atoms with Crippen LogP contribution in [0.5, 0.6) is 0 Å². The highest BCUT2D eigenvalue weighted by Gasteiger charge is 2.01. The zero-order valence-electron chi connectivity index (χ0n) is 17.0. The number of hydrogen-bond donors (Lipinski definition) is 0. The summed E-state index contributed by atoms with van der Waals surface area (Å²) in [5.74, 6) is 0. The Kier molecular flexibility index (Phi) is 23.3. The van der Waals surface area contributed by atoms with Crippen molar-refractivity contribution in [2.24, 2.45) is 4.99 Å². The highest BCUT2D eigenvalue weighted by molar-refractivity contribution is 5.81. The van der Waals surface area contributed by atoms with Crippen molar-refractivity contribution in [1.29, 1.82) is 0 Å². The quantitative estimate of drug-likeness (QED) is 0.503. The van der Waals surface area contributed by atoms with Crippen LogP contribution >= 0.6 is 0 Å².